The second kappa shape index (κ2) is 6.11. The number of carboxylic acid groups (broad SMARTS) is 1. The molecule has 6 nitrogen and oxygen atoms in total. The number of rotatable bonds is 4. The minimum Gasteiger partial charge on any atom is -0.505 e. The minimum atomic E-state index is -1.12. The highest BCUT2D eigenvalue weighted by Gasteiger charge is 2.37. The van der Waals surface area contributed by atoms with Gasteiger partial charge < -0.3 is 10.2 Å². The molecule has 3 rings (SSSR count). The van der Waals surface area contributed by atoms with Gasteiger partial charge in [-0.25, -0.2) is 4.39 Å². The molecule has 0 bridgehead atoms. The fraction of sp³-hybridized carbons (Fsp3) is 0.176. The van der Waals surface area contributed by atoms with Crippen molar-refractivity contribution in [2.24, 2.45) is 4.99 Å². The standard InChI is InChI=1S/C17H11FN2O4S/c1-7-9(4-13(21)22)14-11(20-7)5-10(18)16(23)15(14)17(24)12-3-2-8(6-19)25-12/h2-3,23H,4-5H2,1H3,(H,21,22). The number of nitriles is 1. The second-order valence-electron chi connectivity index (χ2n) is 5.48. The maximum Gasteiger partial charge on any atom is 0.307 e. The summed E-state index contributed by atoms with van der Waals surface area (Å²) in [7, 11) is 0. The topological polar surface area (TPSA) is 111 Å². The first kappa shape index (κ1) is 16.8. The van der Waals surface area contributed by atoms with Gasteiger partial charge in [-0.3, -0.25) is 14.6 Å². The molecule has 0 amide bonds. The Morgan fingerprint density at radius 3 is 2.76 bits per heavy atom. The lowest BCUT2D eigenvalue weighted by Gasteiger charge is -2.19. The molecule has 0 aromatic carbocycles. The van der Waals surface area contributed by atoms with Crippen LogP contribution < -0.4 is 0 Å². The average Bonchev–Trinajstić information content (AvgIpc) is 3.14. The Morgan fingerprint density at radius 1 is 1.44 bits per heavy atom. The number of ketones is 1. The van der Waals surface area contributed by atoms with E-state index in [4.69, 9.17) is 10.4 Å². The lowest BCUT2D eigenvalue weighted by Crippen LogP contribution is -2.19. The number of carbonyl (C=O) groups is 2. The van der Waals surface area contributed by atoms with E-state index in [0.717, 1.165) is 11.3 Å². The quantitative estimate of drug-likeness (QED) is 0.801. The van der Waals surface area contributed by atoms with Crippen LogP contribution in [0.4, 0.5) is 4.39 Å². The summed E-state index contributed by atoms with van der Waals surface area (Å²) in [6.45, 7) is 1.58. The molecular formula is C17H11FN2O4S. The van der Waals surface area contributed by atoms with Crippen LogP contribution in [-0.4, -0.2) is 27.7 Å². The zero-order valence-corrected chi connectivity index (χ0v) is 13.8. The summed E-state index contributed by atoms with van der Waals surface area (Å²) in [5.41, 5.74) is 0.758. The molecule has 1 aromatic rings. The molecule has 2 heterocycles. The van der Waals surface area contributed by atoms with E-state index in [1.807, 2.05) is 6.07 Å². The molecule has 0 atom stereocenters. The Morgan fingerprint density at radius 2 is 2.16 bits per heavy atom. The van der Waals surface area contributed by atoms with Crippen molar-refractivity contribution in [3.63, 3.8) is 0 Å². The van der Waals surface area contributed by atoms with Gasteiger partial charge in [0.05, 0.1) is 22.6 Å². The number of halogens is 1. The van der Waals surface area contributed by atoms with E-state index in [1.165, 1.54) is 12.1 Å². The predicted octanol–water partition coefficient (Wildman–Crippen LogP) is 3.45. The zero-order valence-electron chi connectivity index (χ0n) is 13.0. The van der Waals surface area contributed by atoms with Gasteiger partial charge in [0, 0.05) is 17.7 Å². The molecule has 1 aromatic heterocycles. The van der Waals surface area contributed by atoms with Crippen molar-refractivity contribution >= 4 is 28.8 Å². The number of aliphatic hydroxyl groups is 1. The number of aliphatic imine (C=N–C) groups is 1. The molecule has 0 unspecified atom stereocenters. The number of nitrogens with zero attached hydrogens (tertiary/aromatic N) is 2. The molecule has 1 aliphatic carbocycles. The van der Waals surface area contributed by atoms with Crippen LogP contribution in [0.25, 0.3) is 0 Å². The molecule has 2 aliphatic rings. The SMILES string of the molecule is CC1=C(CC(=O)O)C2=C(C(=O)c3ccc(C#N)s3)C(O)=C(F)CC2=N1. The first-order chi connectivity index (χ1) is 11.8. The number of thiophene rings is 1. The number of allylic oxidation sites excluding steroid dienone is 4. The van der Waals surface area contributed by atoms with Crippen molar-refractivity contribution < 1.29 is 24.2 Å². The van der Waals surface area contributed by atoms with Crippen LogP contribution in [0.3, 0.4) is 0 Å². The van der Waals surface area contributed by atoms with Gasteiger partial charge in [0.1, 0.15) is 16.8 Å². The maximum atomic E-state index is 14.1. The summed E-state index contributed by atoms with van der Waals surface area (Å²) in [5, 5.41) is 28.2. The first-order valence-electron chi connectivity index (χ1n) is 7.20. The highest BCUT2D eigenvalue weighted by molar-refractivity contribution is 7.14. The molecule has 0 saturated heterocycles. The van der Waals surface area contributed by atoms with Gasteiger partial charge >= 0.3 is 5.97 Å². The van der Waals surface area contributed by atoms with E-state index in [-0.39, 0.29) is 33.7 Å². The average molecular weight is 358 g/mol. The first-order valence-corrected chi connectivity index (χ1v) is 8.01. The summed E-state index contributed by atoms with van der Waals surface area (Å²) in [6.07, 6.45) is -0.694. The molecular weight excluding hydrogens is 347 g/mol. The third-order valence-electron chi connectivity index (χ3n) is 3.89. The Bertz CT molecular complexity index is 989. The highest BCUT2D eigenvalue weighted by atomic mass is 32.1. The maximum absolute atomic E-state index is 14.1. The van der Waals surface area contributed by atoms with Gasteiger partial charge in [-0.05, 0) is 24.6 Å². The smallest absolute Gasteiger partial charge is 0.307 e. The Balaban J connectivity index is 2.19. The van der Waals surface area contributed by atoms with Gasteiger partial charge in [-0.15, -0.1) is 11.3 Å². The van der Waals surface area contributed by atoms with Crippen molar-refractivity contribution in [2.45, 2.75) is 19.8 Å². The Kier molecular flexibility index (Phi) is 4.10. The number of aliphatic hydroxyl groups excluding tert-OH is 1. The van der Waals surface area contributed by atoms with Gasteiger partial charge in [0.2, 0.25) is 5.78 Å². The minimum absolute atomic E-state index is 0.152. The van der Waals surface area contributed by atoms with E-state index < -0.39 is 29.8 Å². The number of Topliss-reactive ketones (excluding diaryl/α,β-unsaturated/α-hetero) is 1. The number of fused-ring (bicyclic) bond motifs is 1. The fourth-order valence-electron chi connectivity index (χ4n) is 2.82. The Hall–Kier alpha value is -3.05. The lowest BCUT2D eigenvalue weighted by atomic mass is 9.85. The van der Waals surface area contributed by atoms with Crippen molar-refractivity contribution in [3.05, 3.63) is 55.9 Å². The molecule has 0 fully saturated rings. The van der Waals surface area contributed by atoms with Gasteiger partial charge in [0.25, 0.3) is 0 Å². The van der Waals surface area contributed by atoms with Gasteiger partial charge in [-0.1, -0.05) is 0 Å². The van der Waals surface area contributed by atoms with Gasteiger partial charge in [0.15, 0.2) is 5.76 Å². The van der Waals surface area contributed by atoms with E-state index in [9.17, 15) is 19.1 Å². The number of aliphatic carboxylic acids is 1. The lowest BCUT2D eigenvalue weighted by molar-refractivity contribution is -0.136. The van der Waals surface area contributed by atoms with Crippen molar-refractivity contribution in [1.29, 1.82) is 5.26 Å². The molecule has 0 radical (unpaired) electrons. The van der Waals surface area contributed by atoms with E-state index in [0.29, 0.717) is 10.6 Å². The third kappa shape index (κ3) is 2.79. The number of hydrogen-bond acceptors (Lipinski definition) is 6. The number of carbonyl (C=O) groups excluding carboxylic acids is 1. The molecule has 1 aliphatic heterocycles. The van der Waals surface area contributed by atoms with E-state index in [2.05, 4.69) is 4.99 Å². The van der Waals surface area contributed by atoms with Crippen LogP contribution in [0.2, 0.25) is 0 Å². The van der Waals surface area contributed by atoms with Crippen LogP contribution >= 0.6 is 11.3 Å². The highest BCUT2D eigenvalue weighted by Crippen LogP contribution is 2.40. The normalized spacial score (nSPS) is 16.8. The van der Waals surface area contributed by atoms with Crippen molar-refractivity contribution in [2.75, 3.05) is 0 Å². The summed E-state index contributed by atoms with van der Waals surface area (Å²) in [6, 6.07) is 4.77. The van der Waals surface area contributed by atoms with E-state index >= 15 is 0 Å². The Labute approximate surface area is 145 Å². The summed E-state index contributed by atoms with van der Waals surface area (Å²) >= 11 is 0.915. The van der Waals surface area contributed by atoms with Crippen LogP contribution in [0, 0.1) is 11.3 Å². The molecule has 126 valence electrons. The predicted molar refractivity (Wildman–Crippen MR) is 88.2 cm³/mol. The third-order valence-corrected chi connectivity index (χ3v) is 4.88. The monoisotopic (exact) mass is 358 g/mol. The van der Waals surface area contributed by atoms with Crippen LogP contribution in [0.15, 0.2) is 51.1 Å². The summed E-state index contributed by atoms with van der Waals surface area (Å²) in [4.78, 5) is 28.6. The summed E-state index contributed by atoms with van der Waals surface area (Å²) < 4.78 is 14.1. The number of carboxylic acids is 1. The fourth-order valence-corrected chi connectivity index (χ4v) is 3.57. The summed E-state index contributed by atoms with van der Waals surface area (Å²) in [5.74, 6) is -3.49. The molecule has 0 saturated carbocycles. The molecule has 8 heteroatoms. The largest absolute Gasteiger partial charge is 0.505 e. The van der Waals surface area contributed by atoms with Gasteiger partial charge in [-0.2, -0.15) is 5.26 Å². The van der Waals surface area contributed by atoms with Crippen LogP contribution in [0.1, 0.15) is 34.3 Å². The van der Waals surface area contributed by atoms with Crippen molar-refractivity contribution in [1.82, 2.24) is 0 Å². The van der Waals surface area contributed by atoms with Crippen molar-refractivity contribution in [3.8, 4) is 6.07 Å². The molecule has 25 heavy (non-hydrogen) atoms. The van der Waals surface area contributed by atoms with Crippen LogP contribution in [0.5, 0.6) is 0 Å². The molecule has 0 spiro atoms. The second-order valence-corrected chi connectivity index (χ2v) is 6.56. The van der Waals surface area contributed by atoms with E-state index in [1.54, 1.807) is 6.92 Å². The van der Waals surface area contributed by atoms with Crippen LogP contribution in [-0.2, 0) is 4.79 Å². The zero-order chi connectivity index (χ0) is 18.3. The molecule has 2 N–H and O–H groups in total. The number of hydrogen-bond donors (Lipinski definition) is 2.